The summed E-state index contributed by atoms with van der Waals surface area (Å²) in [6, 6.07) is 8.15. The van der Waals surface area contributed by atoms with E-state index in [2.05, 4.69) is 24.2 Å². The number of hydrogen-bond donors (Lipinski definition) is 2. The standard InChI is InChI=1S/C10H16N4/c1-8-5-3-4-6-9(8)7-14(2)13-10(11)12/h3-6H,7H2,1-2H3,(H4,11,12,13). The molecule has 0 amide bonds. The molecule has 0 radical (unpaired) electrons. The summed E-state index contributed by atoms with van der Waals surface area (Å²) in [7, 11) is 1.84. The van der Waals surface area contributed by atoms with Crippen LogP contribution in [0, 0.1) is 6.92 Å². The molecule has 0 saturated carbocycles. The number of benzene rings is 1. The molecule has 0 atom stereocenters. The van der Waals surface area contributed by atoms with Gasteiger partial charge in [-0.15, -0.1) is 5.10 Å². The monoisotopic (exact) mass is 192 g/mol. The Kier molecular flexibility index (Phi) is 3.34. The van der Waals surface area contributed by atoms with Crippen molar-refractivity contribution in [1.29, 1.82) is 0 Å². The Bertz CT molecular complexity index is 329. The molecule has 4 nitrogen and oxygen atoms in total. The van der Waals surface area contributed by atoms with Gasteiger partial charge in [0, 0.05) is 7.05 Å². The van der Waals surface area contributed by atoms with Gasteiger partial charge in [-0.1, -0.05) is 24.3 Å². The minimum Gasteiger partial charge on any atom is -0.369 e. The summed E-state index contributed by atoms with van der Waals surface area (Å²) in [5.74, 6) is 0.0843. The largest absolute Gasteiger partial charge is 0.369 e. The summed E-state index contributed by atoms with van der Waals surface area (Å²) >= 11 is 0. The molecule has 0 aromatic heterocycles. The zero-order chi connectivity index (χ0) is 10.6. The Morgan fingerprint density at radius 1 is 1.36 bits per heavy atom. The van der Waals surface area contributed by atoms with Gasteiger partial charge in [-0.05, 0) is 18.1 Å². The van der Waals surface area contributed by atoms with E-state index in [1.54, 1.807) is 5.01 Å². The molecule has 14 heavy (non-hydrogen) atoms. The number of aryl methyl sites for hydroxylation is 1. The van der Waals surface area contributed by atoms with Gasteiger partial charge < -0.3 is 11.5 Å². The molecule has 0 fully saturated rings. The lowest BCUT2D eigenvalue weighted by molar-refractivity contribution is 0.345. The van der Waals surface area contributed by atoms with Crippen molar-refractivity contribution in [3.05, 3.63) is 35.4 Å². The average Bonchev–Trinajstić information content (AvgIpc) is 2.07. The van der Waals surface area contributed by atoms with Crippen LogP contribution in [-0.2, 0) is 6.54 Å². The summed E-state index contributed by atoms with van der Waals surface area (Å²) in [5.41, 5.74) is 13.0. The van der Waals surface area contributed by atoms with Crippen molar-refractivity contribution in [3.8, 4) is 0 Å². The van der Waals surface area contributed by atoms with Crippen LogP contribution in [0.15, 0.2) is 29.4 Å². The van der Waals surface area contributed by atoms with E-state index < -0.39 is 0 Å². The van der Waals surface area contributed by atoms with Crippen molar-refractivity contribution in [2.45, 2.75) is 13.5 Å². The Labute approximate surface area is 84.2 Å². The zero-order valence-corrected chi connectivity index (χ0v) is 8.57. The highest BCUT2D eigenvalue weighted by Crippen LogP contribution is 2.09. The number of rotatable bonds is 3. The van der Waals surface area contributed by atoms with Crippen LogP contribution < -0.4 is 11.5 Å². The molecule has 0 unspecified atom stereocenters. The van der Waals surface area contributed by atoms with E-state index in [1.165, 1.54) is 11.1 Å². The number of guanidine groups is 1. The smallest absolute Gasteiger partial charge is 0.208 e. The first-order valence-electron chi connectivity index (χ1n) is 4.45. The summed E-state index contributed by atoms with van der Waals surface area (Å²) in [6.07, 6.45) is 0. The summed E-state index contributed by atoms with van der Waals surface area (Å²) < 4.78 is 0. The predicted octanol–water partition coefficient (Wildman–Crippen LogP) is 0.615. The third-order valence-electron chi connectivity index (χ3n) is 1.95. The van der Waals surface area contributed by atoms with Crippen molar-refractivity contribution < 1.29 is 0 Å². The lowest BCUT2D eigenvalue weighted by Gasteiger charge is -2.14. The first-order valence-corrected chi connectivity index (χ1v) is 4.45. The van der Waals surface area contributed by atoms with Crippen LogP contribution in [0.5, 0.6) is 0 Å². The van der Waals surface area contributed by atoms with E-state index in [9.17, 15) is 0 Å². The highest BCUT2D eigenvalue weighted by molar-refractivity contribution is 5.75. The van der Waals surface area contributed by atoms with Crippen molar-refractivity contribution in [2.24, 2.45) is 16.6 Å². The van der Waals surface area contributed by atoms with E-state index in [-0.39, 0.29) is 5.96 Å². The van der Waals surface area contributed by atoms with Gasteiger partial charge in [-0.3, -0.25) is 5.01 Å². The number of hydrogen-bond acceptors (Lipinski definition) is 2. The molecule has 0 spiro atoms. The molecule has 0 bridgehead atoms. The molecule has 4 heteroatoms. The Morgan fingerprint density at radius 2 is 2.00 bits per heavy atom. The zero-order valence-electron chi connectivity index (χ0n) is 8.57. The first kappa shape index (κ1) is 10.4. The molecule has 1 aromatic carbocycles. The molecule has 0 heterocycles. The van der Waals surface area contributed by atoms with Crippen LogP contribution in [-0.4, -0.2) is 18.0 Å². The van der Waals surface area contributed by atoms with Gasteiger partial charge in [-0.2, -0.15) is 0 Å². The highest BCUT2D eigenvalue weighted by Gasteiger charge is 1.99. The average molecular weight is 192 g/mol. The van der Waals surface area contributed by atoms with E-state index in [4.69, 9.17) is 11.5 Å². The van der Waals surface area contributed by atoms with Gasteiger partial charge >= 0.3 is 0 Å². The van der Waals surface area contributed by atoms with Crippen molar-refractivity contribution in [3.63, 3.8) is 0 Å². The molecule has 0 aliphatic carbocycles. The van der Waals surface area contributed by atoms with Crippen LogP contribution in [0.1, 0.15) is 11.1 Å². The predicted molar refractivity (Wildman–Crippen MR) is 58.5 cm³/mol. The molecule has 1 aromatic rings. The Balaban J connectivity index is 2.70. The first-order chi connectivity index (χ1) is 6.59. The van der Waals surface area contributed by atoms with Gasteiger partial charge in [-0.25, -0.2) is 0 Å². The quantitative estimate of drug-likeness (QED) is 0.419. The second-order valence-corrected chi connectivity index (χ2v) is 3.27. The summed E-state index contributed by atoms with van der Waals surface area (Å²) in [4.78, 5) is 0. The van der Waals surface area contributed by atoms with Gasteiger partial charge in [0.25, 0.3) is 0 Å². The van der Waals surface area contributed by atoms with Crippen molar-refractivity contribution >= 4 is 5.96 Å². The fraction of sp³-hybridized carbons (Fsp3) is 0.300. The van der Waals surface area contributed by atoms with E-state index in [0.717, 1.165) is 0 Å². The van der Waals surface area contributed by atoms with Gasteiger partial charge in [0.1, 0.15) is 0 Å². The summed E-state index contributed by atoms with van der Waals surface area (Å²) in [5, 5.41) is 5.64. The van der Waals surface area contributed by atoms with Crippen molar-refractivity contribution in [2.75, 3.05) is 7.05 Å². The van der Waals surface area contributed by atoms with Gasteiger partial charge in [0.2, 0.25) is 5.96 Å². The van der Waals surface area contributed by atoms with Crippen molar-refractivity contribution in [1.82, 2.24) is 5.01 Å². The lowest BCUT2D eigenvalue weighted by Crippen LogP contribution is -2.27. The fourth-order valence-electron chi connectivity index (χ4n) is 1.27. The number of hydrazone groups is 1. The normalized spacial score (nSPS) is 9.57. The van der Waals surface area contributed by atoms with E-state index >= 15 is 0 Å². The topological polar surface area (TPSA) is 67.6 Å². The second-order valence-electron chi connectivity index (χ2n) is 3.27. The highest BCUT2D eigenvalue weighted by atomic mass is 15.5. The second kappa shape index (κ2) is 4.50. The maximum Gasteiger partial charge on any atom is 0.208 e. The minimum absolute atomic E-state index is 0.0843. The molecular weight excluding hydrogens is 176 g/mol. The third kappa shape index (κ3) is 2.97. The number of nitrogens with zero attached hydrogens (tertiary/aromatic N) is 2. The van der Waals surface area contributed by atoms with Gasteiger partial charge in [0.05, 0.1) is 6.54 Å². The van der Waals surface area contributed by atoms with E-state index in [1.807, 2.05) is 19.2 Å². The maximum atomic E-state index is 5.27. The Morgan fingerprint density at radius 3 is 2.57 bits per heavy atom. The van der Waals surface area contributed by atoms with Crippen LogP contribution in [0.25, 0.3) is 0 Å². The molecule has 76 valence electrons. The minimum atomic E-state index is 0.0843. The van der Waals surface area contributed by atoms with Crippen LogP contribution in [0.2, 0.25) is 0 Å². The summed E-state index contributed by atoms with van der Waals surface area (Å²) in [6.45, 7) is 2.78. The molecule has 0 saturated heterocycles. The number of nitrogens with two attached hydrogens (primary N) is 2. The van der Waals surface area contributed by atoms with E-state index in [0.29, 0.717) is 6.54 Å². The van der Waals surface area contributed by atoms with Crippen LogP contribution in [0.4, 0.5) is 0 Å². The molecule has 0 aliphatic heterocycles. The molecule has 1 rings (SSSR count). The fourth-order valence-corrected chi connectivity index (χ4v) is 1.27. The SMILES string of the molecule is Cc1ccccc1CN(C)N=C(N)N. The lowest BCUT2D eigenvalue weighted by atomic mass is 10.1. The van der Waals surface area contributed by atoms with Crippen LogP contribution >= 0.6 is 0 Å². The third-order valence-corrected chi connectivity index (χ3v) is 1.95. The van der Waals surface area contributed by atoms with Gasteiger partial charge in [0.15, 0.2) is 0 Å². The molecule has 0 aliphatic rings. The Hall–Kier alpha value is -1.71. The molecule has 4 N–H and O–H groups in total. The molecular formula is C10H16N4. The van der Waals surface area contributed by atoms with Crippen LogP contribution in [0.3, 0.4) is 0 Å². The maximum absolute atomic E-state index is 5.27.